The van der Waals surface area contributed by atoms with E-state index in [0.717, 1.165) is 13.0 Å². The highest BCUT2D eigenvalue weighted by atomic mass is 16.6. The predicted molar refractivity (Wildman–Crippen MR) is 55.1 cm³/mol. The Morgan fingerprint density at radius 1 is 1.12 bits per heavy atom. The van der Waals surface area contributed by atoms with Crippen molar-refractivity contribution >= 4 is 0 Å². The Bertz CT molecular complexity index is 433. The normalized spacial score (nSPS) is 32.7. The van der Waals surface area contributed by atoms with Gasteiger partial charge in [0.15, 0.2) is 0 Å². The zero-order valence-corrected chi connectivity index (χ0v) is 9.28. The molecule has 0 radical (unpaired) electrons. The molecule has 17 heavy (non-hydrogen) atoms. The van der Waals surface area contributed by atoms with Crippen LogP contribution in [-0.2, 0) is 0 Å². The lowest BCUT2D eigenvalue weighted by Crippen LogP contribution is -2.50. The molecular weight excluding hydrogens is 234 g/mol. The zero-order chi connectivity index (χ0) is 13.4. The van der Waals surface area contributed by atoms with Gasteiger partial charge in [-0.05, 0) is 0 Å². The van der Waals surface area contributed by atoms with E-state index in [9.17, 15) is 30.3 Å². The molecule has 94 valence electrons. The fourth-order valence-corrected chi connectivity index (χ4v) is 2.05. The van der Waals surface area contributed by atoms with Crippen molar-refractivity contribution in [1.29, 1.82) is 0 Å². The van der Waals surface area contributed by atoms with Crippen molar-refractivity contribution in [3.63, 3.8) is 0 Å². The minimum Gasteiger partial charge on any atom is -0.264 e. The van der Waals surface area contributed by atoms with Crippen LogP contribution in [0.5, 0.6) is 0 Å². The molecule has 0 aromatic heterocycles. The van der Waals surface area contributed by atoms with Crippen molar-refractivity contribution in [2.45, 2.75) is 37.8 Å². The van der Waals surface area contributed by atoms with Crippen LogP contribution in [0.4, 0.5) is 0 Å². The Morgan fingerprint density at radius 3 is 2.00 bits per heavy atom. The van der Waals surface area contributed by atoms with Crippen LogP contribution >= 0.6 is 0 Å². The summed E-state index contributed by atoms with van der Waals surface area (Å²) >= 11 is 0. The molecule has 1 aliphatic rings. The highest BCUT2D eigenvalue weighted by Crippen LogP contribution is 2.37. The fraction of sp³-hybridized carbons (Fsp3) is 0.750. The van der Waals surface area contributed by atoms with Crippen LogP contribution < -0.4 is 0 Å². The van der Waals surface area contributed by atoms with Gasteiger partial charge in [0.2, 0.25) is 5.54 Å². The number of hydrogen-bond acceptors (Lipinski definition) is 6. The molecule has 0 saturated carbocycles. The molecule has 0 bridgehead atoms. The van der Waals surface area contributed by atoms with Crippen LogP contribution in [0.1, 0.15) is 26.7 Å². The van der Waals surface area contributed by atoms with Crippen LogP contribution in [-0.4, -0.2) is 25.8 Å². The smallest absolute Gasteiger partial charge is 0.256 e. The van der Waals surface area contributed by atoms with Gasteiger partial charge in [-0.2, -0.15) is 0 Å². The third-order valence-electron chi connectivity index (χ3n) is 2.87. The summed E-state index contributed by atoms with van der Waals surface area (Å²) in [6, 6.07) is 0. The Balaban J connectivity index is 3.29. The van der Waals surface area contributed by atoms with E-state index >= 15 is 0 Å². The predicted octanol–water partition coefficient (Wildman–Crippen LogP) is 1.01. The first-order valence-corrected chi connectivity index (χ1v) is 4.76. The first kappa shape index (κ1) is 13.0. The van der Waals surface area contributed by atoms with Crippen molar-refractivity contribution in [2.24, 2.45) is 0 Å². The lowest BCUT2D eigenvalue weighted by molar-refractivity contribution is -0.611. The standard InChI is InChI=1S/C8H11N3O6/c1-7(10(14)15)3-6(9(12)13)4-8(2,5-7)11(16)17/h3H,4-5H2,1-2H3. The van der Waals surface area contributed by atoms with Crippen molar-refractivity contribution in [3.8, 4) is 0 Å². The average molecular weight is 245 g/mol. The topological polar surface area (TPSA) is 129 Å². The Labute approximate surface area is 95.6 Å². The Morgan fingerprint density at radius 2 is 1.65 bits per heavy atom. The van der Waals surface area contributed by atoms with E-state index in [1.807, 2.05) is 0 Å². The van der Waals surface area contributed by atoms with Crippen LogP contribution in [0.2, 0.25) is 0 Å². The molecule has 0 N–H and O–H groups in total. The summed E-state index contributed by atoms with van der Waals surface area (Å²) < 4.78 is 0. The summed E-state index contributed by atoms with van der Waals surface area (Å²) in [6.45, 7) is 2.34. The molecule has 1 rings (SSSR count). The van der Waals surface area contributed by atoms with Crippen molar-refractivity contribution < 1.29 is 14.8 Å². The maximum Gasteiger partial charge on any atom is 0.256 e. The third kappa shape index (κ3) is 2.22. The molecule has 2 unspecified atom stereocenters. The van der Waals surface area contributed by atoms with E-state index in [-0.39, 0.29) is 6.42 Å². The van der Waals surface area contributed by atoms with Gasteiger partial charge in [0, 0.05) is 23.7 Å². The van der Waals surface area contributed by atoms with Crippen LogP contribution in [0, 0.1) is 30.3 Å². The fourth-order valence-electron chi connectivity index (χ4n) is 2.05. The molecule has 1 aliphatic carbocycles. The van der Waals surface area contributed by atoms with Crippen molar-refractivity contribution in [2.75, 3.05) is 0 Å². The number of hydrogen-bond donors (Lipinski definition) is 0. The molecule has 0 spiro atoms. The minimum atomic E-state index is -1.78. The van der Waals surface area contributed by atoms with Gasteiger partial charge in [-0.25, -0.2) is 0 Å². The SMILES string of the molecule is CC1([N+](=O)[O-])C=C([N+](=O)[O-])CC(C)([N+](=O)[O-])C1. The van der Waals surface area contributed by atoms with E-state index in [0.29, 0.717) is 0 Å². The van der Waals surface area contributed by atoms with Crippen molar-refractivity contribution in [3.05, 3.63) is 42.1 Å². The zero-order valence-electron chi connectivity index (χ0n) is 9.28. The van der Waals surface area contributed by atoms with Gasteiger partial charge < -0.3 is 0 Å². The highest BCUT2D eigenvalue weighted by molar-refractivity contribution is 5.14. The maximum absolute atomic E-state index is 10.9. The molecule has 0 aliphatic heterocycles. The van der Waals surface area contributed by atoms with E-state index in [4.69, 9.17) is 0 Å². The second kappa shape index (κ2) is 3.75. The van der Waals surface area contributed by atoms with Gasteiger partial charge in [-0.15, -0.1) is 0 Å². The number of nitrogens with zero attached hydrogens (tertiary/aromatic N) is 3. The third-order valence-corrected chi connectivity index (χ3v) is 2.87. The molecule has 0 saturated heterocycles. The molecule has 0 aromatic rings. The van der Waals surface area contributed by atoms with Gasteiger partial charge in [0.1, 0.15) is 6.42 Å². The summed E-state index contributed by atoms with van der Waals surface area (Å²) in [4.78, 5) is 30.2. The van der Waals surface area contributed by atoms with E-state index in [1.54, 1.807) is 0 Å². The van der Waals surface area contributed by atoms with E-state index < -0.39 is 38.0 Å². The monoisotopic (exact) mass is 245 g/mol. The van der Waals surface area contributed by atoms with Crippen molar-refractivity contribution in [1.82, 2.24) is 0 Å². The summed E-state index contributed by atoms with van der Waals surface area (Å²) in [5.41, 5.74) is -3.93. The van der Waals surface area contributed by atoms with Gasteiger partial charge in [0.05, 0.1) is 17.4 Å². The quantitative estimate of drug-likeness (QED) is 0.538. The van der Waals surface area contributed by atoms with Crippen LogP contribution in [0.15, 0.2) is 11.8 Å². The summed E-state index contributed by atoms with van der Waals surface area (Å²) in [5, 5.41) is 32.4. The average Bonchev–Trinajstić information content (AvgIpc) is 2.15. The van der Waals surface area contributed by atoms with E-state index in [2.05, 4.69) is 0 Å². The lowest BCUT2D eigenvalue weighted by atomic mass is 9.77. The second-order valence-electron chi connectivity index (χ2n) is 4.61. The summed E-state index contributed by atoms with van der Waals surface area (Å²) in [5.74, 6) is 0. The Kier molecular flexibility index (Phi) is 2.87. The first-order valence-electron chi connectivity index (χ1n) is 4.76. The first-order chi connectivity index (χ1) is 7.61. The number of nitro groups is 3. The van der Waals surface area contributed by atoms with Crippen LogP contribution in [0.25, 0.3) is 0 Å². The van der Waals surface area contributed by atoms with Gasteiger partial charge in [0.25, 0.3) is 11.2 Å². The highest BCUT2D eigenvalue weighted by Gasteiger charge is 2.57. The molecular formula is C8H11N3O6. The molecule has 2 atom stereocenters. The molecule has 0 fully saturated rings. The second-order valence-corrected chi connectivity index (χ2v) is 4.61. The molecule has 0 amide bonds. The Hall–Kier alpha value is -2.06. The molecule has 9 heteroatoms. The lowest BCUT2D eigenvalue weighted by Gasteiger charge is -2.29. The van der Waals surface area contributed by atoms with Gasteiger partial charge in [-0.1, -0.05) is 0 Å². The van der Waals surface area contributed by atoms with Crippen LogP contribution in [0.3, 0.4) is 0 Å². The molecule has 0 aromatic carbocycles. The minimum absolute atomic E-state index is 0.364. The van der Waals surface area contributed by atoms with E-state index in [1.165, 1.54) is 6.92 Å². The molecule has 0 heterocycles. The largest absolute Gasteiger partial charge is 0.264 e. The van der Waals surface area contributed by atoms with Gasteiger partial charge in [-0.3, -0.25) is 30.3 Å². The summed E-state index contributed by atoms with van der Waals surface area (Å²) in [6.07, 6.45) is 0.131. The summed E-state index contributed by atoms with van der Waals surface area (Å²) in [7, 11) is 0. The number of rotatable bonds is 3. The molecule has 9 nitrogen and oxygen atoms in total. The van der Waals surface area contributed by atoms with Gasteiger partial charge >= 0.3 is 0 Å². The maximum atomic E-state index is 10.9.